The van der Waals surface area contributed by atoms with E-state index >= 15 is 0 Å². The Balaban J connectivity index is 1.91. The highest BCUT2D eigenvalue weighted by Crippen LogP contribution is 2.20. The molecule has 1 atom stereocenters. The Kier molecular flexibility index (Phi) is 5.14. The topological polar surface area (TPSA) is 19.4 Å². The molecule has 1 fully saturated rings. The van der Waals surface area contributed by atoms with Crippen LogP contribution in [0.1, 0.15) is 26.7 Å². The average molecular weight is 265 g/mol. The lowest BCUT2D eigenvalue weighted by Crippen LogP contribution is -2.52. The van der Waals surface area contributed by atoms with Crippen LogP contribution in [0.5, 0.6) is 0 Å². The van der Waals surface area contributed by atoms with Gasteiger partial charge in [-0.3, -0.25) is 4.90 Å². The van der Waals surface area contributed by atoms with Gasteiger partial charge in [0.15, 0.2) is 6.30 Å². The first-order valence-corrected chi connectivity index (χ1v) is 7.28. The molecule has 106 valence electrons. The fourth-order valence-electron chi connectivity index (χ4n) is 2.61. The second-order valence-corrected chi connectivity index (χ2v) is 5.25. The van der Waals surface area contributed by atoms with Gasteiger partial charge in [0, 0.05) is 25.8 Å². The monoisotopic (exact) mass is 265 g/mol. The molecule has 1 aliphatic heterocycles. The Hall–Kier alpha value is -1.16. The van der Waals surface area contributed by atoms with Gasteiger partial charge in [0.05, 0.1) is 6.54 Å². The van der Waals surface area contributed by atoms with E-state index < -0.39 is 6.30 Å². The van der Waals surface area contributed by atoms with E-state index in [4.69, 9.17) is 0 Å². The molecule has 19 heavy (non-hydrogen) atoms. The quantitative estimate of drug-likeness (QED) is 0.763. The van der Waals surface area contributed by atoms with Crippen molar-refractivity contribution in [1.29, 1.82) is 0 Å². The zero-order chi connectivity index (χ0) is 13.7. The molecule has 0 amide bonds. The number of pyridine rings is 1. The van der Waals surface area contributed by atoms with Gasteiger partial charge in [0.2, 0.25) is 0 Å². The van der Waals surface area contributed by atoms with Crippen molar-refractivity contribution in [3.05, 3.63) is 24.4 Å². The minimum atomic E-state index is -0.878. The highest BCUT2D eigenvalue weighted by Gasteiger charge is 2.28. The summed E-state index contributed by atoms with van der Waals surface area (Å²) in [5, 5.41) is 0. The number of rotatable bonds is 5. The van der Waals surface area contributed by atoms with Gasteiger partial charge in [0.25, 0.3) is 0 Å². The number of halogens is 1. The molecule has 1 unspecified atom stereocenters. The number of hydrogen-bond acceptors (Lipinski definition) is 3. The fraction of sp³-hybridized carbons (Fsp3) is 0.667. The summed E-state index contributed by atoms with van der Waals surface area (Å²) in [6.07, 6.45) is 3.14. The van der Waals surface area contributed by atoms with Crippen molar-refractivity contribution in [2.75, 3.05) is 31.1 Å². The molecule has 1 aromatic heterocycles. The van der Waals surface area contributed by atoms with E-state index in [0.29, 0.717) is 12.5 Å². The summed E-state index contributed by atoms with van der Waals surface area (Å²) < 4.78 is 14.3. The van der Waals surface area contributed by atoms with Crippen LogP contribution in [0.3, 0.4) is 0 Å². The van der Waals surface area contributed by atoms with Crippen LogP contribution in [0.4, 0.5) is 10.2 Å². The summed E-state index contributed by atoms with van der Waals surface area (Å²) in [6, 6.07) is 5.79. The fourth-order valence-corrected chi connectivity index (χ4v) is 2.61. The predicted molar refractivity (Wildman–Crippen MR) is 77.0 cm³/mol. The third-order valence-corrected chi connectivity index (χ3v) is 4.05. The number of hydrogen-bond donors (Lipinski definition) is 0. The van der Waals surface area contributed by atoms with Gasteiger partial charge in [-0.1, -0.05) is 32.8 Å². The predicted octanol–water partition coefficient (Wildman–Crippen LogP) is 2.94. The van der Waals surface area contributed by atoms with Crippen LogP contribution in [0.25, 0.3) is 0 Å². The Labute approximate surface area is 115 Å². The lowest BCUT2D eigenvalue weighted by molar-refractivity contribution is 0.0541. The second kappa shape index (κ2) is 6.85. The summed E-state index contributed by atoms with van der Waals surface area (Å²) in [7, 11) is 0. The van der Waals surface area contributed by atoms with E-state index in [1.54, 1.807) is 6.20 Å². The van der Waals surface area contributed by atoms with Gasteiger partial charge in [-0.25, -0.2) is 9.37 Å². The van der Waals surface area contributed by atoms with Crippen LogP contribution in [-0.4, -0.2) is 42.4 Å². The summed E-state index contributed by atoms with van der Waals surface area (Å²) in [5.74, 6) is 1.49. The normalized spacial score (nSPS) is 21.1. The molecular formula is C15H24FN3. The van der Waals surface area contributed by atoms with Gasteiger partial charge >= 0.3 is 0 Å². The maximum Gasteiger partial charge on any atom is 0.171 e. The minimum absolute atomic E-state index is 0.428. The van der Waals surface area contributed by atoms with Crippen LogP contribution >= 0.6 is 0 Å². The molecule has 0 spiro atoms. The number of aromatic nitrogens is 1. The second-order valence-electron chi connectivity index (χ2n) is 5.25. The van der Waals surface area contributed by atoms with Crippen LogP contribution in [0.15, 0.2) is 24.4 Å². The summed E-state index contributed by atoms with van der Waals surface area (Å²) >= 11 is 0. The van der Waals surface area contributed by atoms with Crippen molar-refractivity contribution < 1.29 is 4.39 Å². The van der Waals surface area contributed by atoms with Gasteiger partial charge in [0.1, 0.15) is 5.82 Å². The number of anilines is 1. The molecule has 0 aromatic carbocycles. The lowest BCUT2D eigenvalue weighted by atomic mass is 10.0. The van der Waals surface area contributed by atoms with Crippen molar-refractivity contribution in [2.45, 2.75) is 33.0 Å². The van der Waals surface area contributed by atoms with Crippen molar-refractivity contribution in [3.8, 4) is 0 Å². The SMILES string of the molecule is CCC(CC)CN1CCN(c2ccccn2)CC1F. The van der Waals surface area contributed by atoms with E-state index in [1.807, 2.05) is 28.0 Å². The van der Waals surface area contributed by atoms with Gasteiger partial charge < -0.3 is 4.90 Å². The first-order valence-electron chi connectivity index (χ1n) is 7.28. The van der Waals surface area contributed by atoms with Crippen molar-refractivity contribution in [1.82, 2.24) is 9.88 Å². The molecule has 1 aliphatic rings. The standard InChI is InChI=1S/C15H24FN3/c1-3-13(4-2)11-18-9-10-19(12-14(18)16)15-7-5-6-8-17-15/h5-8,13-14H,3-4,9-12H2,1-2H3. The molecule has 2 heterocycles. The lowest BCUT2D eigenvalue weighted by Gasteiger charge is -2.39. The van der Waals surface area contributed by atoms with Crippen molar-refractivity contribution in [3.63, 3.8) is 0 Å². The molecule has 2 rings (SSSR count). The minimum Gasteiger partial charge on any atom is -0.351 e. The van der Waals surface area contributed by atoms with E-state index in [1.165, 1.54) is 0 Å². The van der Waals surface area contributed by atoms with E-state index in [9.17, 15) is 4.39 Å². The number of piperazine rings is 1. The highest BCUT2D eigenvalue weighted by molar-refractivity contribution is 5.38. The highest BCUT2D eigenvalue weighted by atomic mass is 19.1. The van der Waals surface area contributed by atoms with Gasteiger partial charge in [-0.2, -0.15) is 0 Å². The third-order valence-electron chi connectivity index (χ3n) is 4.05. The molecule has 1 saturated heterocycles. The van der Waals surface area contributed by atoms with Crippen LogP contribution in [-0.2, 0) is 0 Å². The molecular weight excluding hydrogens is 241 g/mol. The Morgan fingerprint density at radius 3 is 2.68 bits per heavy atom. The molecule has 3 nitrogen and oxygen atoms in total. The Bertz CT molecular complexity index is 367. The summed E-state index contributed by atoms with van der Waals surface area (Å²) in [6.45, 7) is 7.32. The van der Waals surface area contributed by atoms with E-state index in [2.05, 4.69) is 18.8 Å². The maximum absolute atomic E-state index is 14.3. The summed E-state index contributed by atoms with van der Waals surface area (Å²) in [5.41, 5.74) is 0. The molecule has 0 bridgehead atoms. The summed E-state index contributed by atoms with van der Waals surface area (Å²) in [4.78, 5) is 8.31. The maximum atomic E-state index is 14.3. The largest absolute Gasteiger partial charge is 0.351 e. The molecule has 0 N–H and O–H groups in total. The molecule has 0 radical (unpaired) electrons. The molecule has 1 aromatic rings. The first-order chi connectivity index (χ1) is 9.24. The Morgan fingerprint density at radius 2 is 2.11 bits per heavy atom. The van der Waals surface area contributed by atoms with Gasteiger partial charge in [-0.15, -0.1) is 0 Å². The molecule has 4 heteroatoms. The van der Waals surface area contributed by atoms with E-state index in [-0.39, 0.29) is 0 Å². The van der Waals surface area contributed by atoms with E-state index in [0.717, 1.165) is 38.3 Å². The average Bonchev–Trinajstić information content (AvgIpc) is 2.47. The molecule has 0 saturated carbocycles. The Morgan fingerprint density at radius 1 is 1.32 bits per heavy atom. The number of nitrogens with zero attached hydrogens (tertiary/aromatic N) is 3. The zero-order valence-corrected chi connectivity index (χ0v) is 11.9. The zero-order valence-electron chi connectivity index (χ0n) is 11.9. The van der Waals surface area contributed by atoms with Crippen molar-refractivity contribution >= 4 is 5.82 Å². The van der Waals surface area contributed by atoms with Crippen LogP contribution in [0, 0.1) is 5.92 Å². The first kappa shape index (κ1) is 14.3. The number of alkyl halides is 1. The van der Waals surface area contributed by atoms with Crippen LogP contribution in [0.2, 0.25) is 0 Å². The molecule has 0 aliphatic carbocycles. The third kappa shape index (κ3) is 3.66. The smallest absolute Gasteiger partial charge is 0.171 e. The van der Waals surface area contributed by atoms with Gasteiger partial charge in [-0.05, 0) is 18.1 Å². The van der Waals surface area contributed by atoms with Crippen molar-refractivity contribution in [2.24, 2.45) is 5.92 Å². The van der Waals surface area contributed by atoms with Crippen LogP contribution < -0.4 is 4.90 Å².